The van der Waals surface area contributed by atoms with E-state index in [9.17, 15) is 4.79 Å². The molecule has 0 atom stereocenters. The fourth-order valence-electron chi connectivity index (χ4n) is 3.07. The third kappa shape index (κ3) is 8.28. The van der Waals surface area contributed by atoms with Gasteiger partial charge in [-0.05, 0) is 44.4 Å². The van der Waals surface area contributed by atoms with E-state index in [-0.39, 0.29) is 24.6 Å². The van der Waals surface area contributed by atoms with Crippen LogP contribution in [-0.4, -0.2) is 43.3 Å². The number of nitrogens with one attached hydrogen (secondary N) is 1. The second-order valence-electron chi connectivity index (χ2n) is 6.65. The summed E-state index contributed by atoms with van der Waals surface area (Å²) in [7, 11) is 0. The molecule has 0 radical (unpaired) electrons. The average Bonchev–Trinajstić information content (AvgIpc) is 2.61. The molecule has 2 rings (SSSR count). The van der Waals surface area contributed by atoms with E-state index in [1.165, 1.54) is 19.3 Å². The summed E-state index contributed by atoms with van der Waals surface area (Å²) in [4.78, 5) is 14.5. The number of carbonyl (C=O) groups excluding carboxylic acids is 1. The zero-order valence-corrected chi connectivity index (χ0v) is 16.9. The van der Waals surface area contributed by atoms with Gasteiger partial charge in [0.25, 0.3) is 0 Å². The van der Waals surface area contributed by atoms with Gasteiger partial charge in [0.2, 0.25) is 0 Å². The fraction of sp³-hybridized carbons (Fsp3) is 0.650. The highest BCUT2D eigenvalue weighted by Crippen LogP contribution is 2.19. The Hall–Kier alpha value is -1.46. The van der Waals surface area contributed by atoms with Crippen LogP contribution in [0.5, 0.6) is 5.75 Å². The Bertz CT molecular complexity index is 520. The summed E-state index contributed by atoms with van der Waals surface area (Å²) in [5.74, 6) is 0.779. The molecule has 1 aromatic carbocycles. The van der Waals surface area contributed by atoms with E-state index in [0.717, 1.165) is 44.6 Å². The number of unbranched alkanes of at least 4 members (excludes halogenated alkanes) is 2. The van der Waals surface area contributed by atoms with Crippen molar-refractivity contribution in [2.45, 2.75) is 58.5 Å². The molecule has 1 aliphatic rings. The van der Waals surface area contributed by atoms with Gasteiger partial charge in [-0.25, -0.2) is 4.79 Å². The van der Waals surface area contributed by atoms with Gasteiger partial charge in [-0.1, -0.05) is 32.8 Å². The minimum atomic E-state index is -0.378. The summed E-state index contributed by atoms with van der Waals surface area (Å²) >= 11 is 0. The van der Waals surface area contributed by atoms with Gasteiger partial charge >= 0.3 is 6.09 Å². The van der Waals surface area contributed by atoms with Crippen LogP contribution in [0.3, 0.4) is 0 Å². The summed E-state index contributed by atoms with van der Waals surface area (Å²) < 4.78 is 11.3. The molecule has 1 heterocycles. The van der Waals surface area contributed by atoms with Crippen molar-refractivity contribution < 1.29 is 14.3 Å². The first-order valence-corrected chi connectivity index (χ1v) is 9.64. The molecule has 0 aromatic heterocycles. The molecule has 0 aliphatic carbocycles. The minimum absolute atomic E-state index is 0. The quantitative estimate of drug-likeness (QED) is 0.601. The van der Waals surface area contributed by atoms with E-state index < -0.39 is 0 Å². The highest BCUT2D eigenvalue weighted by molar-refractivity contribution is 5.85. The van der Waals surface area contributed by atoms with Crippen molar-refractivity contribution in [2.75, 3.05) is 31.6 Å². The van der Waals surface area contributed by atoms with Gasteiger partial charge in [-0.2, -0.15) is 0 Å². The number of nitrogens with zero attached hydrogens (tertiary/aromatic N) is 1. The first-order valence-electron chi connectivity index (χ1n) is 9.64. The molecule has 0 saturated carbocycles. The number of hydrogen-bond acceptors (Lipinski definition) is 4. The van der Waals surface area contributed by atoms with Crippen LogP contribution in [0.1, 0.15) is 52.4 Å². The maximum Gasteiger partial charge on any atom is 0.411 e. The van der Waals surface area contributed by atoms with Crippen molar-refractivity contribution in [1.29, 1.82) is 0 Å². The minimum Gasteiger partial charge on any atom is -0.494 e. The molecular weight excluding hydrogens is 352 g/mol. The van der Waals surface area contributed by atoms with Crippen LogP contribution in [0.4, 0.5) is 10.5 Å². The van der Waals surface area contributed by atoms with Crippen LogP contribution in [-0.2, 0) is 4.74 Å². The van der Waals surface area contributed by atoms with Gasteiger partial charge in [0.05, 0.1) is 6.61 Å². The number of halogens is 1. The molecule has 6 heteroatoms. The molecule has 1 saturated heterocycles. The third-order valence-electron chi connectivity index (χ3n) is 4.45. The van der Waals surface area contributed by atoms with Gasteiger partial charge in [-0.3, -0.25) is 5.32 Å². The number of likely N-dealkylation sites (tertiary alicyclic amines) is 1. The van der Waals surface area contributed by atoms with Gasteiger partial charge in [0.15, 0.2) is 0 Å². The standard InChI is InChI=1S/C20H32N2O3.ClH/c1-3-5-6-15-24-19-9-7-8-17(16-19)21-20(23)25-18-10-13-22(12-4-2)14-11-18;/h7-9,16,18H,3-6,10-15H2,1-2H3,(H,21,23);1H. The van der Waals surface area contributed by atoms with E-state index in [0.29, 0.717) is 12.3 Å². The summed E-state index contributed by atoms with van der Waals surface area (Å²) in [6, 6.07) is 7.49. The lowest BCUT2D eigenvalue weighted by atomic mass is 10.1. The Morgan fingerprint density at radius 3 is 2.65 bits per heavy atom. The summed E-state index contributed by atoms with van der Waals surface area (Å²) in [5.41, 5.74) is 0.710. The number of carbonyl (C=O) groups is 1. The predicted octanol–water partition coefficient (Wildman–Crippen LogP) is 5.10. The lowest BCUT2D eigenvalue weighted by Crippen LogP contribution is -2.38. The molecule has 1 aliphatic heterocycles. The van der Waals surface area contributed by atoms with Crippen molar-refractivity contribution in [3.05, 3.63) is 24.3 Å². The number of piperidine rings is 1. The van der Waals surface area contributed by atoms with E-state index in [1.54, 1.807) is 0 Å². The topological polar surface area (TPSA) is 50.8 Å². The number of hydrogen-bond donors (Lipinski definition) is 1. The van der Waals surface area contributed by atoms with Crippen molar-refractivity contribution >= 4 is 24.2 Å². The summed E-state index contributed by atoms with van der Waals surface area (Å²) in [5, 5.41) is 2.81. The molecule has 0 spiro atoms. The second kappa shape index (κ2) is 12.8. The van der Waals surface area contributed by atoms with Gasteiger partial charge in [0.1, 0.15) is 11.9 Å². The number of amides is 1. The molecule has 0 bridgehead atoms. The largest absolute Gasteiger partial charge is 0.494 e. The highest BCUT2D eigenvalue weighted by Gasteiger charge is 2.21. The summed E-state index contributed by atoms with van der Waals surface area (Å²) in [6.07, 6.45) is 6.02. The maximum absolute atomic E-state index is 12.1. The van der Waals surface area contributed by atoms with Crippen LogP contribution < -0.4 is 10.1 Å². The number of anilines is 1. The van der Waals surface area contributed by atoms with Gasteiger partial charge < -0.3 is 14.4 Å². The first-order chi connectivity index (χ1) is 12.2. The first kappa shape index (κ1) is 22.6. The molecule has 26 heavy (non-hydrogen) atoms. The van der Waals surface area contributed by atoms with E-state index >= 15 is 0 Å². The maximum atomic E-state index is 12.1. The zero-order chi connectivity index (χ0) is 17.9. The lowest BCUT2D eigenvalue weighted by Gasteiger charge is -2.31. The lowest BCUT2D eigenvalue weighted by molar-refractivity contribution is 0.0590. The molecule has 1 aromatic rings. The molecule has 1 N–H and O–H groups in total. The monoisotopic (exact) mass is 384 g/mol. The van der Waals surface area contributed by atoms with Gasteiger partial charge in [0, 0.05) is 24.8 Å². The van der Waals surface area contributed by atoms with Crippen molar-refractivity contribution in [3.8, 4) is 5.75 Å². The molecular formula is C20H33ClN2O3. The fourth-order valence-corrected chi connectivity index (χ4v) is 3.07. The average molecular weight is 385 g/mol. The Morgan fingerprint density at radius 2 is 1.96 bits per heavy atom. The molecule has 0 unspecified atom stereocenters. The zero-order valence-electron chi connectivity index (χ0n) is 16.0. The van der Waals surface area contributed by atoms with Crippen LogP contribution in [0.15, 0.2) is 24.3 Å². The van der Waals surface area contributed by atoms with Crippen molar-refractivity contribution in [2.24, 2.45) is 0 Å². The van der Waals surface area contributed by atoms with E-state index in [2.05, 4.69) is 24.1 Å². The van der Waals surface area contributed by atoms with Crippen LogP contribution in [0.2, 0.25) is 0 Å². The molecule has 1 fully saturated rings. The normalized spacial score (nSPS) is 15.2. The Labute approximate surface area is 163 Å². The Balaban J connectivity index is 0.00000338. The SMILES string of the molecule is CCCCCOc1cccc(NC(=O)OC2CCN(CCC)CC2)c1.Cl. The van der Waals surface area contributed by atoms with E-state index in [1.807, 2.05) is 24.3 Å². The van der Waals surface area contributed by atoms with E-state index in [4.69, 9.17) is 9.47 Å². The molecule has 148 valence electrons. The Kier molecular flexibility index (Phi) is 11.1. The van der Waals surface area contributed by atoms with Crippen molar-refractivity contribution in [3.63, 3.8) is 0 Å². The number of benzene rings is 1. The van der Waals surface area contributed by atoms with Crippen LogP contribution >= 0.6 is 12.4 Å². The summed E-state index contributed by atoms with van der Waals surface area (Å²) in [6.45, 7) is 8.21. The third-order valence-corrected chi connectivity index (χ3v) is 4.45. The van der Waals surface area contributed by atoms with Crippen molar-refractivity contribution in [1.82, 2.24) is 4.90 Å². The molecule has 5 nitrogen and oxygen atoms in total. The predicted molar refractivity (Wildman–Crippen MR) is 109 cm³/mol. The smallest absolute Gasteiger partial charge is 0.411 e. The van der Waals surface area contributed by atoms with Gasteiger partial charge in [-0.15, -0.1) is 12.4 Å². The Morgan fingerprint density at radius 1 is 1.19 bits per heavy atom. The highest BCUT2D eigenvalue weighted by atomic mass is 35.5. The van der Waals surface area contributed by atoms with Crippen LogP contribution in [0, 0.1) is 0 Å². The second-order valence-corrected chi connectivity index (χ2v) is 6.65. The number of ether oxygens (including phenoxy) is 2. The number of rotatable bonds is 9. The van der Waals surface area contributed by atoms with Crippen LogP contribution in [0.25, 0.3) is 0 Å². The molecule has 1 amide bonds.